The van der Waals surface area contributed by atoms with Crippen LogP contribution >= 0.6 is 11.6 Å². The van der Waals surface area contributed by atoms with E-state index in [1.54, 1.807) is 0 Å². The molecule has 2 aromatic rings. The summed E-state index contributed by atoms with van der Waals surface area (Å²) in [5, 5.41) is 3.10. The van der Waals surface area contributed by atoms with Crippen molar-refractivity contribution < 1.29 is 17.9 Å². The van der Waals surface area contributed by atoms with Gasteiger partial charge in [-0.2, -0.15) is 0 Å². The van der Waals surface area contributed by atoms with Gasteiger partial charge in [0.2, 0.25) is 5.91 Å². The molecule has 0 saturated heterocycles. The molecule has 0 aromatic heterocycles. The normalized spacial score (nSPS) is 11.0. The summed E-state index contributed by atoms with van der Waals surface area (Å²) in [4.78, 5) is 11.9. The summed E-state index contributed by atoms with van der Waals surface area (Å²) >= 11 is 5.73. The molecule has 1 amide bonds. The van der Waals surface area contributed by atoms with E-state index < -0.39 is 9.84 Å². The minimum Gasteiger partial charge on any atom is -0.492 e. The molecule has 0 bridgehead atoms. The maximum Gasteiger partial charge on any atom is 0.221 e. The number of benzene rings is 2. The predicted molar refractivity (Wildman–Crippen MR) is 93.1 cm³/mol. The van der Waals surface area contributed by atoms with Crippen molar-refractivity contribution >= 4 is 27.3 Å². The number of carbonyl (C=O) groups excluding carboxylic acids is 1. The van der Waals surface area contributed by atoms with E-state index in [0.717, 1.165) is 5.75 Å². The molecular formula is C17H18ClNO4S. The molecule has 0 aliphatic rings. The Hall–Kier alpha value is -2.05. The van der Waals surface area contributed by atoms with Crippen LogP contribution in [0.4, 0.5) is 0 Å². The molecule has 0 spiro atoms. The second-order valence-electron chi connectivity index (χ2n) is 5.03. The fraction of sp³-hybridized carbons (Fsp3) is 0.235. The summed E-state index contributed by atoms with van der Waals surface area (Å²) in [6, 6.07) is 15.1. The standard InChI is InChI=1S/C17H18ClNO4S/c18-14-6-8-16(9-7-14)24(21,22)13-10-17(20)19-11-12-23-15-4-2-1-3-5-15/h1-9H,10-13H2,(H,19,20). The molecule has 0 aliphatic carbocycles. The molecule has 0 aliphatic heterocycles. The molecule has 24 heavy (non-hydrogen) atoms. The minimum absolute atomic E-state index is 0.101. The van der Waals surface area contributed by atoms with Crippen molar-refractivity contribution in [1.82, 2.24) is 5.32 Å². The van der Waals surface area contributed by atoms with Crippen molar-refractivity contribution in [3.05, 3.63) is 59.6 Å². The van der Waals surface area contributed by atoms with Gasteiger partial charge in [-0.15, -0.1) is 0 Å². The summed E-state index contributed by atoms with van der Waals surface area (Å²) in [6.07, 6.45) is -0.101. The van der Waals surface area contributed by atoms with E-state index >= 15 is 0 Å². The van der Waals surface area contributed by atoms with Crippen LogP contribution in [0.1, 0.15) is 6.42 Å². The van der Waals surface area contributed by atoms with Crippen molar-refractivity contribution in [2.24, 2.45) is 0 Å². The van der Waals surface area contributed by atoms with Crippen molar-refractivity contribution in [1.29, 1.82) is 0 Å². The molecule has 128 valence electrons. The second kappa shape index (κ2) is 8.70. The number of rotatable bonds is 8. The second-order valence-corrected chi connectivity index (χ2v) is 7.58. The highest BCUT2D eigenvalue weighted by Gasteiger charge is 2.16. The summed E-state index contributed by atoms with van der Waals surface area (Å²) < 4.78 is 29.7. The Labute approximate surface area is 146 Å². The van der Waals surface area contributed by atoms with E-state index in [1.165, 1.54) is 24.3 Å². The van der Waals surface area contributed by atoms with Crippen LogP contribution in [-0.4, -0.2) is 33.2 Å². The number of amides is 1. The lowest BCUT2D eigenvalue weighted by Gasteiger charge is -2.08. The molecule has 0 atom stereocenters. The van der Waals surface area contributed by atoms with Crippen LogP contribution in [0.25, 0.3) is 0 Å². The monoisotopic (exact) mass is 367 g/mol. The van der Waals surface area contributed by atoms with E-state index in [-0.39, 0.29) is 23.0 Å². The third kappa shape index (κ3) is 5.86. The zero-order valence-corrected chi connectivity index (χ0v) is 14.5. The van der Waals surface area contributed by atoms with Crippen LogP contribution in [0.5, 0.6) is 5.75 Å². The average molecular weight is 368 g/mol. The third-order valence-electron chi connectivity index (χ3n) is 3.21. The molecule has 0 fully saturated rings. The SMILES string of the molecule is O=C(CCS(=O)(=O)c1ccc(Cl)cc1)NCCOc1ccccc1. The van der Waals surface area contributed by atoms with Gasteiger partial charge in [0.1, 0.15) is 12.4 Å². The summed E-state index contributed by atoms with van der Waals surface area (Å²) in [5.41, 5.74) is 0. The number of sulfone groups is 1. The lowest BCUT2D eigenvalue weighted by Crippen LogP contribution is -2.29. The van der Waals surface area contributed by atoms with Gasteiger partial charge >= 0.3 is 0 Å². The Morgan fingerprint density at radius 2 is 1.71 bits per heavy atom. The number of nitrogens with one attached hydrogen (secondary N) is 1. The van der Waals surface area contributed by atoms with Crippen LogP contribution < -0.4 is 10.1 Å². The first-order valence-corrected chi connectivity index (χ1v) is 9.43. The highest BCUT2D eigenvalue weighted by Crippen LogP contribution is 2.16. The number of ether oxygens (including phenoxy) is 1. The van der Waals surface area contributed by atoms with Gasteiger partial charge in [0.15, 0.2) is 9.84 Å². The van der Waals surface area contributed by atoms with Gasteiger partial charge in [0, 0.05) is 11.4 Å². The van der Waals surface area contributed by atoms with Crippen LogP contribution in [0.15, 0.2) is 59.5 Å². The maximum atomic E-state index is 12.1. The maximum absolute atomic E-state index is 12.1. The third-order valence-corrected chi connectivity index (χ3v) is 5.19. The van der Waals surface area contributed by atoms with Gasteiger partial charge in [0.25, 0.3) is 0 Å². The smallest absolute Gasteiger partial charge is 0.221 e. The Kier molecular flexibility index (Phi) is 6.63. The quantitative estimate of drug-likeness (QED) is 0.728. The molecule has 5 nitrogen and oxygen atoms in total. The molecule has 0 saturated carbocycles. The van der Waals surface area contributed by atoms with Crippen molar-refractivity contribution in [3.8, 4) is 5.75 Å². The topological polar surface area (TPSA) is 72.5 Å². The Morgan fingerprint density at radius 1 is 1.04 bits per heavy atom. The largest absolute Gasteiger partial charge is 0.492 e. The first-order valence-electron chi connectivity index (χ1n) is 7.40. The Balaban J connectivity index is 1.71. The fourth-order valence-electron chi connectivity index (χ4n) is 1.95. The Bertz CT molecular complexity index is 761. The first-order chi connectivity index (χ1) is 11.5. The van der Waals surface area contributed by atoms with E-state index in [1.807, 2.05) is 30.3 Å². The number of para-hydroxylation sites is 1. The highest BCUT2D eigenvalue weighted by atomic mass is 35.5. The summed E-state index contributed by atoms with van der Waals surface area (Å²) in [5.74, 6) is 0.140. The van der Waals surface area contributed by atoms with Crippen LogP contribution in [0.2, 0.25) is 5.02 Å². The first kappa shape index (κ1) is 18.3. The van der Waals surface area contributed by atoms with E-state index in [4.69, 9.17) is 16.3 Å². The molecule has 1 N–H and O–H groups in total. The Morgan fingerprint density at radius 3 is 2.38 bits per heavy atom. The van der Waals surface area contributed by atoms with Gasteiger partial charge in [-0.1, -0.05) is 29.8 Å². The van der Waals surface area contributed by atoms with Crippen molar-refractivity contribution in [2.45, 2.75) is 11.3 Å². The highest BCUT2D eigenvalue weighted by molar-refractivity contribution is 7.91. The molecule has 7 heteroatoms. The number of hydrogen-bond donors (Lipinski definition) is 1. The summed E-state index contributed by atoms with van der Waals surface area (Å²) in [7, 11) is -3.50. The zero-order valence-electron chi connectivity index (χ0n) is 12.9. The van der Waals surface area contributed by atoms with E-state index in [0.29, 0.717) is 18.2 Å². The van der Waals surface area contributed by atoms with Crippen molar-refractivity contribution in [3.63, 3.8) is 0 Å². The van der Waals surface area contributed by atoms with E-state index in [9.17, 15) is 13.2 Å². The number of hydrogen-bond acceptors (Lipinski definition) is 4. The van der Waals surface area contributed by atoms with Crippen LogP contribution in [-0.2, 0) is 14.6 Å². The summed E-state index contributed by atoms with van der Waals surface area (Å²) in [6.45, 7) is 0.633. The molecule has 2 rings (SSSR count). The molecule has 0 radical (unpaired) electrons. The molecule has 2 aromatic carbocycles. The minimum atomic E-state index is -3.50. The molecule has 0 heterocycles. The molecule has 0 unspecified atom stereocenters. The number of carbonyl (C=O) groups is 1. The predicted octanol–water partition coefficient (Wildman–Crippen LogP) is 2.70. The lowest BCUT2D eigenvalue weighted by molar-refractivity contribution is -0.120. The van der Waals surface area contributed by atoms with Crippen molar-refractivity contribution in [2.75, 3.05) is 18.9 Å². The van der Waals surface area contributed by atoms with Gasteiger partial charge in [-0.25, -0.2) is 8.42 Å². The van der Waals surface area contributed by atoms with Gasteiger partial charge in [-0.3, -0.25) is 4.79 Å². The van der Waals surface area contributed by atoms with Gasteiger partial charge in [-0.05, 0) is 36.4 Å². The van der Waals surface area contributed by atoms with Gasteiger partial charge in [0.05, 0.1) is 17.2 Å². The number of halogens is 1. The van der Waals surface area contributed by atoms with Gasteiger partial charge < -0.3 is 10.1 Å². The molecular weight excluding hydrogens is 350 g/mol. The average Bonchev–Trinajstić information content (AvgIpc) is 2.58. The van der Waals surface area contributed by atoms with E-state index in [2.05, 4.69) is 5.32 Å². The lowest BCUT2D eigenvalue weighted by atomic mass is 10.3. The van der Waals surface area contributed by atoms with Crippen LogP contribution in [0.3, 0.4) is 0 Å². The van der Waals surface area contributed by atoms with Crippen LogP contribution in [0, 0.1) is 0 Å². The zero-order chi connectivity index (χ0) is 17.4. The fourth-order valence-corrected chi connectivity index (χ4v) is 3.32.